The minimum Gasteiger partial charge on any atom is -0.452 e. The Morgan fingerprint density at radius 2 is 1.77 bits per heavy atom. The smallest absolute Gasteiger partial charge is 0.344 e. The number of hydrogen-bond donors (Lipinski definition) is 0. The maximum absolute atomic E-state index is 13.4. The number of carbonyl (C=O) groups is 2. The van der Waals surface area contributed by atoms with Crippen LogP contribution in [0.1, 0.15) is 24.2 Å². The Bertz CT molecular complexity index is 548. The van der Waals surface area contributed by atoms with Crippen LogP contribution in [0.5, 0.6) is 0 Å². The van der Waals surface area contributed by atoms with Gasteiger partial charge in [0.2, 0.25) is 0 Å². The summed E-state index contributed by atoms with van der Waals surface area (Å²) < 4.78 is 37.1. The molecule has 2 rings (SSSR count). The molecule has 5 nitrogen and oxygen atoms in total. The number of rotatable bonds is 3. The minimum atomic E-state index is -1.20. The molecule has 120 valence electrons. The van der Waals surface area contributed by atoms with E-state index in [4.69, 9.17) is 9.47 Å². The number of esters is 1. The van der Waals surface area contributed by atoms with Crippen molar-refractivity contribution in [2.24, 2.45) is 0 Å². The van der Waals surface area contributed by atoms with Crippen LogP contribution in [0.25, 0.3) is 0 Å². The van der Waals surface area contributed by atoms with Gasteiger partial charge >= 0.3 is 5.97 Å². The maximum Gasteiger partial charge on any atom is 0.344 e. The number of hydrogen-bond acceptors (Lipinski definition) is 4. The molecule has 0 unspecified atom stereocenters. The molecule has 22 heavy (non-hydrogen) atoms. The molecule has 1 aliphatic rings. The minimum absolute atomic E-state index is 0.118. The highest BCUT2D eigenvalue weighted by Gasteiger charge is 2.27. The van der Waals surface area contributed by atoms with E-state index in [0.29, 0.717) is 13.1 Å². The summed E-state index contributed by atoms with van der Waals surface area (Å²) in [5.41, 5.74) is -0.793. The number of morpholine rings is 1. The van der Waals surface area contributed by atoms with E-state index in [1.54, 1.807) is 0 Å². The average Bonchev–Trinajstić information content (AvgIpc) is 2.43. The third-order valence-electron chi connectivity index (χ3n) is 3.27. The normalized spacial score (nSPS) is 21.5. The van der Waals surface area contributed by atoms with Crippen molar-refractivity contribution in [1.82, 2.24) is 4.90 Å². The topological polar surface area (TPSA) is 55.8 Å². The SMILES string of the molecule is C[C@@H]1CN(C(=O)COC(=O)c2c(F)cccc2F)C[C@H](C)O1. The fourth-order valence-corrected chi connectivity index (χ4v) is 2.37. The molecule has 1 aromatic carbocycles. The van der Waals surface area contributed by atoms with Crippen molar-refractivity contribution in [3.63, 3.8) is 0 Å². The van der Waals surface area contributed by atoms with Crippen LogP contribution in [0, 0.1) is 11.6 Å². The molecule has 0 aromatic heterocycles. The van der Waals surface area contributed by atoms with Gasteiger partial charge in [-0.2, -0.15) is 0 Å². The van der Waals surface area contributed by atoms with E-state index in [0.717, 1.165) is 18.2 Å². The summed E-state index contributed by atoms with van der Waals surface area (Å²) in [5.74, 6) is -3.66. The van der Waals surface area contributed by atoms with Gasteiger partial charge in [-0.3, -0.25) is 4.79 Å². The van der Waals surface area contributed by atoms with E-state index >= 15 is 0 Å². The van der Waals surface area contributed by atoms with Crippen molar-refractivity contribution in [3.8, 4) is 0 Å². The lowest BCUT2D eigenvalue weighted by molar-refractivity contribution is -0.146. The zero-order valence-corrected chi connectivity index (χ0v) is 12.3. The highest BCUT2D eigenvalue weighted by atomic mass is 19.1. The molecular weight excluding hydrogens is 296 g/mol. The molecule has 0 saturated carbocycles. The van der Waals surface area contributed by atoms with Crippen LogP contribution in [0.4, 0.5) is 8.78 Å². The van der Waals surface area contributed by atoms with Gasteiger partial charge in [-0.15, -0.1) is 0 Å². The van der Waals surface area contributed by atoms with Gasteiger partial charge in [-0.1, -0.05) is 6.07 Å². The number of halogens is 2. The van der Waals surface area contributed by atoms with Crippen LogP contribution in [0.15, 0.2) is 18.2 Å². The number of carbonyl (C=O) groups excluding carboxylic acids is 2. The monoisotopic (exact) mass is 313 g/mol. The first-order chi connectivity index (χ1) is 10.4. The van der Waals surface area contributed by atoms with Crippen LogP contribution >= 0.6 is 0 Å². The van der Waals surface area contributed by atoms with Crippen molar-refractivity contribution in [2.75, 3.05) is 19.7 Å². The average molecular weight is 313 g/mol. The van der Waals surface area contributed by atoms with E-state index < -0.39 is 35.7 Å². The molecule has 2 atom stereocenters. The third kappa shape index (κ3) is 3.79. The largest absolute Gasteiger partial charge is 0.452 e. The zero-order chi connectivity index (χ0) is 16.3. The number of nitrogens with zero attached hydrogens (tertiary/aromatic N) is 1. The lowest BCUT2D eigenvalue weighted by Gasteiger charge is -2.35. The van der Waals surface area contributed by atoms with E-state index in [9.17, 15) is 18.4 Å². The van der Waals surface area contributed by atoms with Crippen molar-refractivity contribution < 1.29 is 27.8 Å². The fourth-order valence-electron chi connectivity index (χ4n) is 2.37. The molecule has 0 spiro atoms. The van der Waals surface area contributed by atoms with Gasteiger partial charge < -0.3 is 14.4 Å². The standard InChI is InChI=1S/C15H17F2NO4/c1-9-6-18(7-10(2)22-9)13(19)8-21-15(20)14-11(16)4-3-5-12(14)17/h3-5,9-10H,6-8H2,1-2H3/t9-,10+. The Morgan fingerprint density at radius 1 is 1.23 bits per heavy atom. The van der Waals surface area contributed by atoms with Crippen molar-refractivity contribution in [2.45, 2.75) is 26.1 Å². The van der Waals surface area contributed by atoms with Crippen LogP contribution < -0.4 is 0 Å². The molecule has 1 amide bonds. The van der Waals surface area contributed by atoms with Gasteiger partial charge in [0.05, 0.1) is 12.2 Å². The predicted molar refractivity (Wildman–Crippen MR) is 73.2 cm³/mol. The summed E-state index contributed by atoms with van der Waals surface area (Å²) in [4.78, 5) is 25.2. The summed E-state index contributed by atoms with van der Waals surface area (Å²) in [6, 6.07) is 3.04. The first-order valence-electron chi connectivity index (χ1n) is 6.93. The van der Waals surface area contributed by atoms with Gasteiger partial charge in [0.25, 0.3) is 5.91 Å². The Morgan fingerprint density at radius 3 is 2.32 bits per heavy atom. The summed E-state index contributed by atoms with van der Waals surface area (Å²) in [7, 11) is 0. The first kappa shape index (κ1) is 16.4. The maximum atomic E-state index is 13.4. The summed E-state index contributed by atoms with van der Waals surface area (Å²) >= 11 is 0. The highest BCUT2D eigenvalue weighted by molar-refractivity contribution is 5.91. The van der Waals surface area contributed by atoms with Crippen molar-refractivity contribution >= 4 is 11.9 Å². The second kappa shape index (κ2) is 6.83. The molecule has 0 radical (unpaired) electrons. The summed E-state index contributed by atoms with van der Waals surface area (Å²) in [5, 5.41) is 0. The van der Waals surface area contributed by atoms with Gasteiger partial charge in [-0.25, -0.2) is 13.6 Å². The molecule has 7 heteroatoms. The number of benzene rings is 1. The summed E-state index contributed by atoms with van der Waals surface area (Å²) in [6.07, 6.45) is -0.236. The molecule has 1 heterocycles. The molecule has 0 aliphatic carbocycles. The lowest BCUT2D eigenvalue weighted by atomic mass is 10.2. The van der Waals surface area contributed by atoms with E-state index in [2.05, 4.69) is 0 Å². The Labute approximate surface area is 126 Å². The Hall–Kier alpha value is -2.02. The highest BCUT2D eigenvalue weighted by Crippen LogP contribution is 2.14. The van der Waals surface area contributed by atoms with Crippen LogP contribution in [-0.4, -0.2) is 48.7 Å². The molecule has 1 aliphatic heterocycles. The van der Waals surface area contributed by atoms with Crippen LogP contribution in [0.2, 0.25) is 0 Å². The zero-order valence-electron chi connectivity index (χ0n) is 12.3. The van der Waals surface area contributed by atoms with Gasteiger partial charge in [0, 0.05) is 13.1 Å². The Kier molecular flexibility index (Phi) is 5.07. The first-order valence-corrected chi connectivity index (χ1v) is 6.93. The molecule has 0 N–H and O–H groups in total. The van der Waals surface area contributed by atoms with Crippen LogP contribution in [-0.2, 0) is 14.3 Å². The molecular formula is C15H17F2NO4. The Balaban J connectivity index is 1.95. The van der Waals surface area contributed by atoms with E-state index in [-0.39, 0.29) is 12.2 Å². The second-order valence-electron chi connectivity index (χ2n) is 5.23. The quantitative estimate of drug-likeness (QED) is 0.798. The van der Waals surface area contributed by atoms with E-state index in [1.807, 2.05) is 13.8 Å². The second-order valence-corrected chi connectivity index (χ2v) is 5.23. The van der Waals surface area contributed by atoms with Crippen LogP contribution in [0.3, 0.4) is 0 Å². The van der Waals surface area contributed by atoms with Gasteiger partial charge in [0.15, 0.2) is 6.61 Å². The molecule has 1 saturated heterocycles. The van der Waals surface area contributed by atoms with Gasteiger partial charge in [0.1, 0.15) is 17.2 Å². The third-order valence-corrected chi connectivity index (χ3v) is 3.27. The number of amides is 1. The lowest BCUT2D eigenvalue weighted by Crippen LogP contribution is -2.49. The predicted octanol–water partition coefficient (Wildman–Crippen LogP) is 1.76. The van der Waals surface area contributed by atoms with Crippen molar-refractivity contribution in [3.05, 3.63) is 35.4 Å². The summed E-state index contributed by atoms with van der Waals surface area (Å²) in [6.45, 7) is 3.86. The molecule has 0 bridgehead atoms. The fraction of sp³-hybridized carbons (Fsp3) is 0.467. The van der Waals surface area contributed by atoms with E-state index in [1.165, 1.54) is 4.90 Å². The molecule has 1 aromatic rings. The molecule has 1 fully saturated rings. The number of ether oxygens (including phenoxy) is 2. The van der Waals surface area contributed by atoms with Gasteiger partial charge in [-0.05, 0) is 26.0 Å². The van der Waals surface area contributed by atoms with Crippen molar-refractivity contribution in [1.29, 1.82) is 0 Å².